The highest BCUT2D eigenvalue weighted by molar-refractivity contribution is 7.99. The Bertz CT molecular complexity index is 981. The van der Waals surface area contributed by atoms with Gasteiger partial charge in [0.25, 0.3) is 0 Å². The molecule has 2 N–H and O–H groups in total. The summed E-state index contributed by atoms with van der Waals surface area (Å²) in [6.07, 6.45) is 0.0109. The second-order valence-corrected chi connectivity index (χ2v) is 9.00. The number of carbonyl (C=O) groups is 3. The quantitative estimate of drug-likeness (QED) is 0.663. The third kappa shape index (κ3) is 4.46. The molecule has 2 aromatic rings. The number of carbonyl (C=O) groups excluding carboxylic acids is 2. The smallest absolute Gasteiger partial charge is 0.407 e. The van der Waals surface area contributed by atoms with Gasteiger partial charge in [-0.25, -0.2) is 9.59 Å². The lowest BCUT2D eigenvalue weighted by molar-refractivity contribution is -0.147. The number of thioether (sulfide) groups is 1. The van der Waals surface area contributed by atoms with Crippen LogP contribution in [0.25, 0.3) is 11.1 Å². The number of ether oxygens (including phenoxy) is 1. The predicted octanol–water partition coefficient (Wildman–Crippen LogP) is 3.68. The standard InChI is InChI=1S/C24H26N2O5S/c1-2-15(11-22(27)26-14-32-13-21(26)23(28)29)25-24(30)31-12-20-18-9-5-3-7-16(18)17-8-4-6-10-19(17)20/h3-10,15,20-21H,2,11-14H2,1H3,(H,25,30)(H,28,29)/t15-,21-/m0/s1. The Morgan fingerprint density at radius 2 is 1.75 bits per heavy atom. The van der Waals surface area contributed by atoms with Crippen LogP contribution in [0.1, 0.15) is 36.8 Å². The molecule has 1 heterocycles. The van der Waals surface area contributed by atoms with Crippen molar-refractivity contribution in [3.8, 4) is 11.1 Å². The molecule has 7 nitrogen and oxygen atoms in total. The summed E-state index contributed by atoms with van der Waals surface area (Å²) >= 11 is 1.42. The minimum Gasteiger partial charge on any atom is -0.480 e. The first-order chi connectivity index (χ1) is 15.5. The van der Waals surface area contributed by atoms with E-state index < -0.39 is 24.1 Å². The number of amides is 2. The van der Waals surface area contributed by atoms with Crippen molar-refractivity contribution in [1.82, 2.24) is 10.2 Å². The molecule has 1 aliphatic heterocycles. The number of hydrogen-bond acceptors (Lipinski definition) is 5. The molecule has 2 aromatic carbocycles. The van der Waals surface area contributed by atoms with Crippen molar-refractivity contribution in [2.75, 3.05) is 18.2 Å². The molecule has 2 aliphatic rings. The highest BCUT2D eigenvalue weighted by Crippen LogP contribution is 2.44. The van der Waals surface area contributed by atoms with Gasteiger partial charge in [0.15, 0.2) is 0 Å². The summed E-state index contributed by atoms with van der Waals surface area (Å²) in [5.41, 5.74) is 4.58. The summed E-state index contributed by atoms with van der Waals surface area (Å²) in [7, 11) is 0. The molecule has 0 radical (unpaired) electrons. The van der Waals surface area contributed by atoms with Crippen LogP contribution in [0, 0.1) is 0 Å². The molecular weight excluding hydrogens is 428 g/mol. The van der Waals surface area contributed by atoms with E-state index in [0.29, 0.717) is 18.1 Å². The van der Waals surface area contributed by atoms with Gasteiger partial charge in [0.1, 0.15) is 12.6 Å². The largest absolute Gasteiger partial charge is 0.480 e. The molecular formula is C24H26N2O5S. The van der Waals surface area contributed by atoms with Crippen LogP contribution in [0.5, 0.6) is 0 Å². The number of carboxylic acids is 1. The molecule has 4 rings (SSSR count). The Hall–Kier alpha value is -3.00. The minimum atomic E-state index is -0.999. The van der Waals surface area contributed by atoms with Gasteiger partial charge in [-0.1, -0.05) is 55.5 Å². The summed E-state index contributed by atoms with van der Waals surface area (Å²) in [6.45, 7) is 2.07. The van der Waals surface area contributed by atoms with E-state index in [1.165, 1.54) is 16.7 Å². The lowest BCUT2D eigenvalue weighted by Crippen LogP contribution is -2.45. The molecule has 2 amide bonds. The third-order valence-corrected chi connectivity index (χ3v) is 7.08. The monoisotopic (exact) mass is 454 g/mol. The molecule has 0 bridgehead atoms. The van der Waals surface area contributed by atoms with Crippen LogP contribution in [0.4, 0.5) is 4.79 Å². The Kier molecular flexibility index (Phi) is 6.69. The van der Waals surface area contributed by atoms with E-state index in [0.717, 1.165) is 22.3 Å². The average Bonchev–Trinajstić information content (AvgIpc) is 3.41. The maximum atomic E-state index is 12.6. The second kappa shape index (κ2) is 9.65. The van der Waals surface area contributed by atoms with E-state index in [1.54, 1.807) is 0 Å². The van der Waals surface area contributed by atoms with E-state index >= 15 is 0 Å². The van der Waals surface area contributed by atoms with Crippen molar-refractivity contribution in [2.24, 2.45) is 0 Å². The third-order valence-electron chi connectivity index (χ3n) is 6.07. The predicted molar refractivity (Wildman–Crippen MR) is 122 cm³/mol. The molecule has 1 aliphatic carbocycles. The van der Waals surface area contributed by atoms with E-state index in [4.69, 9.17) is 4.74 Å². The summed E-state index contributed by atoms with van der Waals surface area (Å²) < 4.78 is 5.57. The highest BCUT2D eigenvalue weighted by atomic mass is 32.2. The Morgan fingerprint density at radius 3 is 2.34 bits per heavy atom. The molecule has 0 unspecified atom stereocenters. The second-order valence-electron chi connectivity index (χ2n) is 8.00. The molecule has 0 spiro atoms. The lowest BCUT2D eigenvalue weighted by atomic mass is 9.98. The Morgan fingerprint density at radius 1 is 1.12 bits per heavy atom. The summed E-state index contributed by atoms with van der Waals surface area (Å²) in [4.78, 5) is 37.8. The molecule has 1 fully saturated rings. The van der Waals surface area contributed by atoms with E-state index in [-0.39, 0.29) is 24.9 Å². The zero-order valence-corrected chi connectivity index (χ0v) is 18.6. The normalized spacial score (nSPS) is 18.0. The van der Waals surface area contributed by atoms with Gasteiger partial charge in [-0.15, -0.1) is 11.8 Å². The maximum absolute atomic E-state index is 12.6. The minimum absolute atomic E-state index is 0.0344. The van der Waals surface area contributed by atoms with E-state index in [1.807, 2.05) is 31.2 Å². The first kappa shape index (κ1) is 22.2. The number of carboxylic acid groups (broad SMARTS) is 1. The fourth-order valence-corrected chi connectivity index (χ4v) is 5.50. The first-order valence-corrected chi connectivity index (χ1v) is 11.9. The highest BCUT2D eigenvalue weighted by Gasteiger charge is 2.35. The summed E-state index contributed by atoms with van der Waals surface area (Å²) in [5.74, 6) is -0.559. The first-order valence-electron chi connectivity index (χ1n) is 10.7. The van der Waals surface area contributed by atoms with Gasteiger partial charge in [-0.3, -0.25) is 4.79 Å². The zero-order chi connectivity index (χ0) is 22.7. The van der Waals surface area contributed by atoms with Crippen molar-refractivity contribution in [3.63, 3.8) is 0 Å². The molecule has 32 heavy (non-hydrogen) atoms. The van der Waals surface area contributed by atoms with Crippen LogP contribution in [0.2, 0.25) is 0 Å². The van der Waals surface area contributed by atoms with Crippen molar-refractivity contribution in [3.05, 3.63) is 59.7 Å². The van der Waals surface area contributed by atoms with Gasteiger partial charge in [0, 0.05) is 24.1 Å². The zero-order valence-electron chi connectivity index (χ0n) is 17.8. The van der Waals surface area contributed by atoms with Gasteiger partial charge in [0.05, 0.1) is 5.88 Å². The fraction of sp³-hybridized carbons (Fsp3) is 0.375. The summed E-state index contributed by atoms with van der Waals surface area (Å²) in [6, 6.07) is 15.0. The van der Waals surface area contributed by atoms with Crippen LogP contribution in [-0.4, -0.2) is 58.3 Å². The van der Waals surface area contributed by atoms with Crippen LogP contribution >= 0.6 is 11.8 Å². The van der Waals surface area contributed by atoms with E-state index in [9.17, 15) is 19.5 Å². The van der Waals surface area contributed by atoms with Gasteiger partial charge >= 0.3 is 12.1 Å². The topological polar surface area (TPSA) is 95.9 Å². The molecule has 0 saturated carbocycles. The van der Waals surface area contributed by atoms with Crippen LogP contribution in [-0.2, 0) is 14.3 Å². The fourth-order valence-electron chi connectivity index (χ4n) is 4.33. The van der Waals surface area contributed by atoms with Crippen molar-refractivity contribution in [1.29, 1.82) is 0 Å². The van der Waals surface area contributed by atoms with E-state index in [2.05, 4.69) is 29.6 Å². The van der Waals surface area contributed by atoms with Crippen LogP contribution in [0.15, 0.2) is 48.5 Å². The molecule has 0 aromatic heterocycles. The average molecular weight is 455 g/mol. The van der Waals surface area contributed by atoms with Gasteiger partial charge in [-0.2, -0.15) is 0 Å². The summed E-state index contributed by atoms with van der Waals surface area (Å²) in [5, 5.41) is 12.1. The lowest BCUT2D eigenvalue weighted by Gasteiger charge is -2.24. The number of aliphatic carboxylic acids is 1. The molecule has 1 saturated heterocycles. The number of alkyl carbamates (subject to hydrolysis) is 1. The molecule has 168 valence electrons. The molecule has 2 atom stereocenters. The van der Waals surface area contributed by atoms with Crippen LogP contribution < -0.4 is 5.32 Å². The van der Waals surface area contributed by atoms with Gasteiger partial charge in [-0.05, 0) is 28.7 Å². The number of fused-ring (bicyclic) bond motifs is 3. The Labute approximate surface area is 191 Å². The number of hydrogen-bond donors (Lipinski definition) is 2. The van der Waals surface area contributed by atoms with Crippen molar-refractivity contribution in [2.45, 2.75) is 37.8 Å². The molecule has 8 heteroatoms. The van der Waals surface area contributed by atoms with Gasteiger partial charge in [0.2, 0.25) is 5.91 Å². The van der Waals surface area contributed by atoms with Crippen LogP contribution in [0.3, 0.4) is 0 Å². The van der Waals surface area contributed by atoms with Crippen molar-refractivity contribution < 1.29 is 24.2 Å². The number of benzene rings is 2. The maximum Gasteiger partial charge on any atom is 0.407 e. The number of rotatable bonds is 7. The number of nitrogens with zero attached hydrogens (tertiary/aromatic N) is 1. The van der Waals surface area contributed by atoms with Gasteiger partial charge < -0.3 is 20.1 Å². The number of nitrogens with one attached hydrogen (secondary N) is 1. The SMILES string of the molecule is CC[C@@H](CC(=O)N1CSC[C@H]1C(=O)O)NC(=O)OCC1c2ccccc2-c2ccccc21. The Balaban J connectivity index is 1.35. The van der Waals surface area contributed by atoms with Crippen molar-refractivity contribution >= 4 is 29.7 Å².